The van der Waals surface area contributed by atoms with Crippen LogP contribution in [0.25, 0.3) is 0 Å². The topological polar surface area (TPSA) is 38.3 Å². The Morgan fingerprint density at radius 2 is 1.91 bits per heavy atom. The summed E-state index contributed by atoms with van der Waals surface area (Å²) in [4.78, 5) is 12.5. The second kappa shape index (κ2) is 6.81. The number of halogens is 2. The van der Waals surface area contributed by atoms with E-state index in [2.05, 4.69) is 5.32 Å². The molecule has 0 unspecified atom stereocenters. The van der Waals surface area contributed by atoms with Gasteiger partial charge in [0.05, 0.1) is 12.3 Å². The van der Waals surface area contributed by atoms with Gasteiger partial charge in [-0.3, -0.25) is 4.79 Å². The number of carbonyl (C=O) groups is 1. The first-order chi connectivity index (χ1) is 11.1. The highest BCUT2D eigenvalue weighted by atomic mass is 35.5. The zero-order valence-electron chi connectivity index (χ0n) is 12.7. The molecule has 0 aromatic heterocycles. The normalized spacial score (nSPS) is 19.3. The summed E-state index contributed by atoms with van der Waals surface area (Å²) < 4.78 is 5.53. The van der Waals surface area contributed by atoms with Crippen LogP contribution < -0.4 is 10.1 Å². The van der Waals surface area contributed by atoms with Crippen LogP contribution in [0.1, 0.15) is 24.8 Å². The van der Waals surface area contributed by atoms with Crippen molar-refractivity contribution in [3.63, 3.8) is 0 Å². The quantitative estimate of drug-likeness (QED) is 0.811. The van der Waals surface area contributed by atoms with Crippen LogP contribution in [0.2, 0.25) is 10.0 Å². The maximum absolute atomic E-state index is 12.5. The highest BCUT2D eigenvalue weighted by Crippen LogP contribution is 2.49. The Morgan fingerprint density at radius 1 is 1.22 bits per heavy atom. The SMILES string of the molecule is CCOc1ccccc1NC(=O)[C@@H]1C[C@H]1c1cc(Cl)cc(Cl)c1. The van der Waals surface area contributed by atoms with E-state index in [1.54, 1.807) is 6.07 Å². The van der Waals surface area contributed by atoms with Gasteiger partial charge in [-0.25, -0.2) is 0 Å². The molecule has 0 aliphatic heterocycles. The average Bonchev–Trinajstić information content (AvgIpc) is 3.29. The van der Waals surface area contributed by atoms with Gasteiger partial charge in [0.2, 0.25) is 5.91 Å². The lowest BCUT2D eigenvalue weighted by Gasteiger charge is -2.11. The van der Waals surface area contributed by atoms with Crippen LogP contribution in [0, 0.1) is 5.92 Å². The smallest absolute Gasteiger partial charge is 0.228 e. The van der Waals surface area contributed by atoms with Gasteiger partial charge in [0.15, 0.2) is 0 Å². The molecule has 1 amide bonds. The van der Waals surface area contributed by atoms with E-state index in [4.69, 9.17) is 27.9 Å². The first-order valence-corrected chi connectivity index (χ1v) is 8.32. The Kier molecular flexibility index (Phi) is 4.79. The monoisotopic (exact) mass is 349 g/mol. The molecule has 0 spiro atoms. The number of rotatable bonds is 5. The van der Waals surface area contributed by atoms with Crippen LogP contribution in [-0.4, -0.2) is 12.5 Å². The summed E-state index contributed by atoms with van der Waals surface area (Å²) in [5.41, 5.74) is 1.72. The molecule has 0 radical (unpaired) electrons. The van der Waals surface area contributed by atoms with Gasteiger partial charge >= 0.3 is 0 Å². The molecule has 0 heterocycles. The molecule has 23 heavy (non-hydrogen) atoms. The van der Waals surface area contributed by atoms with Crippen molar-refractivity contribution in [2.24, 2.45) is 5.92 Å². The van der Waals surface area contributed by atoms with Crippen LogP contribution in [0.15, 0.2) is 42.5 Å². The van der Waals surface area contributed by atoms with Gasteiger partial charge in [-0.05, 0) is 55.2 Å². The van der Waals surface area contributed by atoms with Crippen LogP contribution in [0.5, 0.6) is 5.75 Å². The molecule has 2 atom stereocenters. The molecule has 1 aliphatic carbocycles. The molecule has 3 nitrogen and oxygen atoms in total. The Balaban J connectivity index is 1.69. The molecule has 3 rings (SSSR count). The van der Waals surface area contributed by atoms with E-state index in [0.717, 1.165) is 12.0 Å². The Hall–Kier alpha value is -1.71. The summed E-state index contributed by atoms with van der Waals surface area (Å²) in [6, 6.07) is 12.9. The largest absolute Gasteiger partial charge is 0.492 e. The summed E-state index contributed by atoms with van der Waals surface area (Å²) in [5.74, 6) is 0.800. The minimum absolute atomic E-state index is 0.00162. The van der Waals surface area contributed by atoms with Gasteiger partial charge in [-0.15, -0.1) is 0 Å². The van der Waals surface area contributed by atoms with Crippen molar-refractivity contribution in [2.75, 3.05) is 11.9 Å². The van der Waals surface area contributed by atoms with Crippen molar-refractivity contribution in [3.05, 3.63) is 58.1 Å². The van der Waals surface area contributed by atoms with Crippen LogP contribution in [-0.2, 0) is 4.79 Å². The first-order valence-electron chi connectivity index (χ1n) is 7.57. The predicted octanol–water partition coefficient (Wildman–Crippen LogP) is 5.13. The fourth-order valence-corrected chi connectivity index (χ4v) is 3.26. The van der Waals surface area contributed by atoms with Crippen molar-refractivity contribution in [1.29, 1.82) is 0 Å². The Morgan fingerprint density at radius 3 is 2.61 bits per heavy atom. The first kappa shape index (κ1) is 16.2. The zero-order valence-corrected chi connectivity index (χ0v) is 14.2. The second-order valence-electron chi connectivity index (χ2n) is 5.57. The minimum Gasteiger partial charge on any atom is -0.492 e. The van der Waals surface area contributed by atoms with Crippen molar-refractivity contribution < 1.29 is 9.53 Å². The van der Waals surface area contributed by atoms with Gasteiger partial charge in [0.1, 0.15) is 5.75 Å². The number of anilines is 1. The number of amides is 1. The van der Waals surface area contributed by atoms with Gasteiger partial charge in [-0.1, -0.05) is 35.3 Å². The molecule has 1 fully saturated rings. The molecular weight excluding hydrogens is 333 g/mol. The molecule has 0 bridgehead atoms. The number of hydrogen-bond donors (Lipinski definition) is 1. The second-order valence-corrected chi connectivity index (χ2v) is 6.44. The average molecular weight is 350 g/mol. The molecule has 2 aromatic carbocycles. The Bertz CT molecular complexity index is 712. The highest BCUT2D eigenvalue weighted by Gasteiger charge is 2.44. The van der Waals surface area contributed by atoms with E-state index in [-0.39, 0.29) is 17.7 Å². The lowest BCUT2D eigenvalue weighted by Crippen LogP contribution is -2.15. The van der Waals surface area contributed by atoms with Gasteiger partial charge in [-0.2, -0.15) is 0 Å². The molecule has 2 aromatic rings. The molecule has 5 heteroatoms. The van der Waals surface area contributed by atoms with E-state index in [1.165, 1.54) is 0 Å². The van der Waals surface area contributed by atoms with Crippen LogP contribution in [0.3, 0.4) is 0 Å². The summed E-state index contributed by atoms with van der Waals surface area (Å²) in [5, 5.41) is 4.15. The van der Waals surface area contributed by atoms with Crippen LogP contribution >= 0.6 is 23.2 Å². The lowest BCUT2D eigenvalue weighted by molar-refractivity contribution is -0.117. The van der Waals surface area contributed by atoms with E-state index in [1.807, 2.05) is 43.3 Å². The minimum atomic E-state index is -0.0563. The van der Waals surface area contributed by atoms with Crippen molar-refractivity contribution in [1.82, 2.24) is 0 Å². The van der Waals surface area contributed by atoms with E-state index in [9.17, 15) is 4.79 Å². The Labute approximate surface area is 145 Å². The number of para-hydroxylation sites is 2. The predicted molar refractivity (Wildman–Crippen MR) is 93.6 cm³/mol. The van der Waals surface area contributed by atoms with E-state index in [0.29, 0.717) is 28.1 Å². The summed E-state index contributed by atoms with van der Waals surface area (Å²) >= 11 is 12.1. The van der Waals surface area contributed by atoms with Gasteiger partial charge < -0.3 is 10.1 Å². The number of benzene rings is 2. The highest BCUT2D eigenvalue weighted by molar-refractivity contribution is 6.34. The molecule has 120 valence electrons. The van der Waals surface area contributed by atoms with Gasteiger partial charge in [0.25, 0.3) is 0 Å². The summed E-state index contributed by atoms with van der Waals surface area (Å²) in [6.45, 7) is 2.47. The standard InChI is InChI=1S/C18H17Cl2NO2/c1-2-23-17-6-4-3-5-16(17)21-18(22)15-10-14(15)11-7-12(19)9-13(20)8-11/h3-9,14-15H,2,10H2,1H3,(H,21,22)/t14-,15+/m0/s1. The third kappa shape index (κ3) is 3.80. The van der Waals surface area contributed by atoms with E-state index >= 15 is 0 Å². The van der Waals surface area contributed by atoms with Gasteiger partial charge in [0, 0.05) is 16.0 Å². The van der Waals surface area contributed by atoms with Crippen molar-refractivity contribution >= 4 is 34.8 Å². The van der Waals surface area contributed by atoms with Crippen molar-refractivity contribution in [2.45, 2.75) is 19.3 Å². The third-order valence-corrected chi connectivity index (χ3v) is 4.32. The lowest BCUT2D eigenvalue weighted by atomic mass is 10.1. The third-order valence-electron chi connectivity index (χ3n) is 3.89. The van der Waals surface area contributed by atoms with E-state index < -0.39 is 0 Å². The molecule has 1 N–H and O–H groups in total. The molecular formula is C18H17Cl2NO2. The van der Waals surface area contributed by atoms with Crippen LogP contribution in [0.4, 0.5) is 5.69 Å². The molecule has 1 aliphatic rings. The fraction of sp³-hybridized carbons (Fsp3) is 0.278. The number of nitrogens with one attached hydrogen (secondary N) is 1. The maximum atomic E-state index is 12.5. The maximum Gasteiger partial charge on any atom is 0.228 e. The molecule has 0 saturated heterocycles. The zero-order chi connectivity index (χ0) is 16.4. The number of carbonyl (C=O) groups excluding carboxylic acids is 1. The molecule has 1 saturated carbocycles. The number of hydrogen-bond acceptors (Lipinski definition) is 2. The fourth-order valence-electron chi connectivity index (χ4n) is 2.72. The summed E-state index contributed by atoms with van der Waals surface area (Å²) in [6.07, 6.45) is 0.805. The number of ether oxygens (including phenoxy) is 1. The summed E-state index contributed by atoms with van der Waals surface area (Å²) in [7, 11) is 0. The van der Waals surface area contributed by atoms with Crippen molar-refractivity contribution in [3.8, 4) is 5.75 Å².